The number of likely N-dealkylation sites (tertiary alicyclic amines) is 1. The number of nitrogens with zero attached hydrogens (tertiary/aromatic N) is 1. The van der Waals surface area contributed by atoms with Gasteiger partial charge in [0.05, 0.1) is 12.5 Å². The van der Waals surface area contributed by atoms with Gasteiger partial charge in [-0.25, -0.2) is 0 Å². The van der Waals surface area contributed by atoms with Crippen LogP contribution in [-0.4, -0.2) is 36.5 Å². The molecular weight excluding hydrogens is 278 g/mol. The maximum absolute atomic E-state index is 12.8. The van der Waals surface area contributed by atoms with E-state index < -0.39 is 0 Å². The molecule has 0 saturated carbocycles. The normalized spacial score (nSPS) is 15.7. The highest BCUT2D eigenvalue weighted by Gasteiger charge is 2.29. The minimum Gasteiger partial charge on any atom is -0.466 e. The lowest BCUT2D eigenvalue weighted by atomic mass is 9.94. The summed E-state index contributed by atoms with van der Waals surface area (Å²) in [6.45, 7) is 9.49. The molecule has 1 aromatic carbocycles. The molecule has 1 aliphatic rings. The van der Waals surface area contributed by atoms with Crippen LogP contribution in [0, 0.1) is 26.7 Å². The van der Waals surface area contributed by atoms with E-state index in [0.717, 1.165) is 16.7 Å². The van der Waals surface area contributed by atoms with Crippen LogP contribution in [0.3, 0.4) is 0 Å². The summed E-state index contributed by atoms with van der Waals surface area (Å²) in [6.07, 6.45) is 1.38. The van der Waals surface area contributed by atoms with Crippen molar-refractivity contribution in [3.8, 4) is 0 Å². The molecule has 0 N–H and O–H groups in total. The lowest BCUT2D eigenvalue weighted by Gasteiger charge is -2.31. The van der Waals surface area contributed by atoms with Crippen molar-refractivity contribution < 1.29 is 14.3 Å². The molecule has 4 nitrogen and oxygen atoms in total. The number of amides is 1. The maximum Gasteiger partial charge on any atom is 0.309 e. The molecule has 0 unspecified atom stereocenters. The SMILES string of the molecule is CCOC(=O)C1CCN(C(=O)c2c(C)cc(C)cc2C)CC1. The molecule has 1 amide bonds. The van der Waals surface area contributed by atoms with Crippen LogP contribution < -0.4 is 0 Å². The van der Waals surface area contributed by atoms with E-state index in [2.05, 4.69) is 0 Å². The predicted molar refractivity (Wildman–Crippen MR) is 85.9 cm³/mol. The summed E-state index contributed by atoms with van der Waals surface area (Å²) in [5, 5.41) is 0. The molecule has 0 aromatic heterocycles. The highest BCUT2D eigenvalue weighted by molar-refractivity contribution is 5.97. The van der Waals surface area contributed by atoms with E-state index in [0.29, 0.717) is 32.5 Å². The highest BCUT2D eigenvalue weighted by Crippen LogP contribution is 2.23. The smallest absolute Gasteiger partial charge is 0.309 e. The third kappa shape index (κ3) is 3.49. The van der Waals surface area contributed by atoms with E-state index >= 15 is 0 Å². The molecule has 1 aliphatic heterocycles. The van der Waals surface area contributed by atoms with Gasteiger partial charge in [-0.15, -0.1) is 0 Å². The van der Waals surface area contributed by atoms with Crippen LogP contribution in [-0.2, 0) is 9.53 Å². The van der Waals surface area contributed by atoms with Crippen molar-refractivity contribution in [3.05, 3.63) is 34.4 Å². The Bertz CT molecular complexity index is 549. The Morgan fingerprint density at radius 2 is 1.68 bits per heavy atom. The molecule has 4 heteroatoms. The quantitative estimate of drug-likeness (QED) is 0.806. The van der Waals surface area contributed by atoms with Crippen LogP contribution in [0.15, 0.2) is 12.1 Å². The van der Waals surface area contributed by atoms with E-state index in [1.807, 2.05) is 44.7 Å². The van der Waals surface area contributed by atoms with Gasteiger partial charge in [0.1, 0.15) is 0 Å². The molecule has 1 aromatic rings. The predicted octanol–water partition coefficient (Wildman–Crippen LogP) is 3.03. The fraction of sp³-hybridized carbons (Fsp3) is 0.556. The van der Waals surface area contributed by atoms with Crippen molar-refractivity contribution in [2.75, 3.05) is 19.7 Å². The zero-order valence-corrected chi connectivity index (χ0v) is 13.9. The third-order valence-electron chi connectivity index (χ3n) is 4.29. The zero-order valence-electron chi connectivity index (χ0n) is 13.9. The topological polar surface area (TPSA) is 46.6 Å². The molecule has 0 spiro atoms. The van der Waals surface area contributed by atoms with Gasteiger partial charge < -0.3 is 9.64 Å². The number of hydrogen-bond acceptors (Lipinski definition) is 3. The van der Waals surface area contributed by atoms with Gasteiger partial charge in [0, 0.05) is 18.7 Å². The summed E-state index contributed by atoms with van der Waals surface area (Å²) >= 11 is 0. The second-order valence-corrected chi connectivity index (χ2v) is 6.09. The number of hydrogen-bond donors (Lipinski definition) is 0. The monoisotopic (exact) mass is 303 g/mol. The Morgan fingerprint density at radius 3 is 2.18 bits per heavy atom. The summed E-state index contributed by atoms with van der Waals surface area (Å²) < 4.78 is 5.07. The summed E-state index contributed by atoms with van der Waals surface area (Å²) in [5.74, 6) is -0.112. The number of rotatable bonds is 3. The van der Waals surface area contributed by atoms with E-state index in [1.54, 1.807) is 0 Å². The van der Waals surface area contributed by atoms with Crippen LogP contribution in [0.25, 0.3) is 0 Å². The van der Waals surface area contributed by atoms with Gasteiger partial charge in [-0.05, 0) is 51.7 Å². The maximum atomic E-state index is 12.8. The minimum atomic E-state index is -0.128. The van der Waals surface area contributed by atoms with Crippen LogP contribution in [0.2, 0.25) is 0 Å². The molecule has 22 heavy (non-hydrogen) atoms. The van der Waals surface area contributed by atoms with Crippen molar-refractivity contribution in [1.82, 2.24) is 4.90 Å². The van der Waals surface area contributed by atoms with Gasteiger partial charge in [-0.3, -0.25) is 9.59 Å². The lowest BCUT2D eigenvalue weighted by Crippen LogP contribution is -2.41. The number of ether oxygens (including phenoxy) is 1. The first-order chi connectivity index (χ1) is 10.4. The summed E-state index contributed by atoms with van der Waals surface area (Å²) in [6, 6.07) is 4.09. The van der Waals surface area contributed by atoms with E-state index in [-0.39, 0.29) is 17.8 Å². The largest absolute Gasteiger partial charge is 0.466 e. The molecule has 0 bridgehead atoms. The first-order valence-electron chi connectivity index (χ1n) is 7.97. The molecular formula is C18H25NO3. The number of carbonyl (C=O) groups excluding carboxylic acids is 2. The Hall–Kier alpha value is -1.84. The molecule has 1 fully saturated rings. The molecule has 0 aliphatic carbocycles. The van der Waals surface area contributed by atoms with Gasteiger partial charge in [0.2, 0.25) is 0 Å². The van der Waals surface area contributed by atoms with E-state index in [4.69, 9.17) is 4.74 Å². The second kappa shape index (κ2) is 6.95. The molecule has 0 atom stereocenters. The fourth-order valence-corrected chi connectivity index (χ4v) is 3.25. The van der Waals surface area contributed by atoms with Crippen molar-refractivity contribution >= 4 is 11.9 Å². The van der Waals surface area contributed by atoms with Crippen molar-refractivity contribution in [2.45, 2.75) is 40.5 Å². The number of aryl methyl sites for hydroxylation is 3. The fourth-order valence-electron chi connectivity index (χ4n) is 3.25. The van der Waals surface area contributed by atoms with E-state index in [9.17, 15) is 9.59 Å². The lowest BCUT2D eigenvalue weighted by molar-refractivity contribution is -0.149. The van der Waals surface area contributed by atoms with Crippen LogP contribution in [0.5, 0.6) is 0 Å². The highest BCUT2D eigenvalue weighted by atomic mass is 16.5. The Morgan fingerprint density at radius 1 is 1.14 bits per heavy atom. The Kier molecular flexibility index (Phi) is 5.22. The summed E-state index contributed by atoms with van der Waals surface area (Å²) in [4.78, 5) is 26.4. The average Bonchev–Trinajstić information content (AvgIpc) is 2.46. The first kappa shape index (κ1) is 16.5. The standard InChI is InChI=1S/C18H25NO3/c1-5-22-18(21)15-6-8-19(9-7-15)17(20)16-13(3)10-12(2)11-14(16)4/h10-11,15H,5-9H2,1-4H3. The third-order valence-corrected chi connectivity index (χ3v) is 4.29. The second-order valence-electron chi connectivity index (χ2n) is 6.09. The average molecular weight is 303 g/mol. The van der Waals surface area contributed by atoms with Gasteiger partial charge in [0.25, 0.3) is 5.91 Å². The van der Waals surface area contributed by atoms with Crippen LogP contribution in [0.1, 0.15) is 46.8 Å². The number of piperidine rings is 1. The molecule has 1 saturated heterocycles. The molecule has 0 radical (unpaired) electrons. The molecule has 120 valence electrons. The van der Waals surface area contributed by atoms with Gasteiger partial charge >= 0.3 is 5.97 Å². The van der Waals surface area contributed by atoms with Gasteiger partial charge in [-0.1, -0.05) is 17.7 Å². The number of carbonyl (C=O) groups is 2. The summed E-state index contributed by atoms with van der Waals surface area (Å²) in [5.41, 5.74) is 4.03. The van der Waals surface area contributed by atoms with Crippen molar-refractivity contribution in [1.29, 1.82) is 0 Å². The zero-order chi connectivity index (χ0) is 16.3. The summed E-state index contributed by atoms with van der Waals surface area (Å²) in [7, 11) is 0. The Balaban J connectivity index is 2.06. The van der Waals surface area contributed by atoms with Crippen molar-refractivity contribution in [3.63, 3.8) is 0 Å². The molecule has 1 heterocycles. The molecule has 2 rings (SSSR count). The van der Waals surface area contributed by atoms with Crippen molar-refractivity contribution in [2.24, 2.45) is 5.92 Å². The number of esters is 1. The van der Waals surface area contributed by atoms with Gasteiger partial charge in [-0.2, -0.15) is 0 Å². The van der Waals surface area contributed by atoms with Crippen LogP contribution >= 0.6 is 0 Å². The minimum absolute atomic E-state index is 0.0655. The number of benzene rings is 1. The van der Waals surface area contributed by atoms with Crippen LogP contribution in [0.4, 0.5) is 0 Å². The first-order valence-corrected chi connectivity index (χ1v) is 7.97. The Labute approximate surface area is 132 Å². The van der Waals surface area contributed by atoms with Gasteiger partial charge in [0.15, 0.2) is 0 Å². The van der Waals surface area contributed by atoms with E-state index in [1.165, 1.54) is 5.56 Å².